The standard InChI is InChI=1S/C20H19N3O3S/c1-15(24)16-5-7-18(8-6-16)23-27(25,26)20-11-9-17(10-12-20)22-14-19-4-2-3-13-21-19/h2-13,22-23H,14H2,1H3. The number of anilines is 2. The second kappa shape index (κ2) is 8.01. The van der Waals surface area contributed by atoms with Crippen LogP contribution < -0.4 is 10.0 Å². The number of hydrogen-bond acceptors (Lipinski definition) is 5. The number of rotatable bonds is 7. The average molecular weight is 381 g/mol. The minimum absolute atomic E-state index is 0.0711. The molecule has 1 heterocycles. The van der Waals surface area contributed by atoms with Crippen molar-refractivity contribution in [2.45, 2.75) is 18.4 Å². The molecule has 0 radical (unpaired) electrons. The molecule has 3 aromatic rings. The number of carbonyl (C=O) groups excluding carboxylic acids is 1. The van der Waals surface area contributed by atoms with E-state index in [0.717, 1.165) is 11.4 Å². The third-order valence-electron chi connectivity index (χ3n) is 3.91. The molecule has 0 atom stereocenters. The van der Waals surface area contributed by atoms with Gasteiger partial charge in [0.15, 0.2) is 5.78 Å². The molecular weight excluding hydrogens is 362 g/mol. The SMILES string of the molecule is CC(=O)c1ccc(NS(=O)(=O)c2ccc(NCc3ccccn3)cc2)cc1. The van der Waals surface area contributed by atoms with Gasteiger partial charge in [-0.25, -0.2) is 8.42 Å². The maximum atomic E-state index is 12.5. The molecule has 0 spiro atoms. The fraction of sp³-hybridized carbons (Fsp3) is 0.100. The maximum absolute atomic E-state index is 12.5. The third kappa shape index (κ3) is 4.92. The zero-order valence-corrected chi connectivity index (χ0v) is 15.5. The van der Waals surface area contributed by atoms with Crippen molar-refractivity contribution in [3.05, 3.63) is 84.2 Å². The number of nitrogens with zero attached hydrogens (tertiary/aromatic N) is 1. The number of nitrogens with one attached hydrogen (secondary N) is 2. The molecule has 0 saturated carbocycles. The fourth-order valence-corrected chi connectivity index (χ4v) is 3.49. The maximum Gasteiger partial charge on any atom is 0.261 e. The Balaban J connectivity index is 1.66. The summed E-state index contributed by atoms with van der Waals surface area (Å²) in [7, 11) is -3.71. The molecule has 2 N–H and O–H groups in total. The lowest BCUT2D eigenvalue weighted by atomic mass is 10.1. The normalized spacial score (nSPS) is 11.0. The topological polar surface area (TPSA) is 88.2 Å². The number of sulfonamides is 1. The molecule has 138 valence electrons. The van der Waals surface area contributed by atoms with Gasteiger partial charge in [0.2, 0.25) is 0 Å². The van der Waals surface area contributed by atoms with Gasteiger partial charge in [-0.2, -0.15) is 0 Å². The van der Waals surface area contributed by atoms with E-state index in [1.165, 1.54) is 19.1 Å². The molecule has 7 heteroatoms. The predicted molar refractivity (Wildman–Crippen MR) is 105 cm³/mol. The van der Waals surface area contributed by atoms with Gasteiger partial charge < -0.3 is 5.32 Å². The van der Waals surface area contributed by atoms with Crippen LogP contribution in [0.25, 0.3) is 0 Å². The smallest absolute Gasteiger partial charge is 0.261 e. The summed E-state index contributed by atoms with van der Waals surface area (Å²) in [4.78, 5) is 15.7. The molecule has 0 unspecified atom stereocenters. The number of aromatic nitrogens is 1. The van der Waals surface area contributed by atoms with E-state index in [0.29, 0.717) is 17.8 Å². The lowest BCUT2D eigenvalue weighted by molar-refractivity contribution is 0.101. The van der Waals surface area contributed by atoms with Crippen LogP contribution in [0.5, 0.6) is 0 Å². The number of ketones is 1. The van der Waals surface area contributed by atoms with Crippen LogP contribution in [0.3, 0.4) is 0 Å². The Morgan fingerprint density at radius 1 is 0.926 bits per heavy atom. The van der Waals surface area contributed by atoms with Crippen molar-refractivity contribution in [1.82, 2.24) is 4.98 Å². The van der Waals surface area contributed by atoms with Crippen molar-refractivity contribution >= 4 is 27.2 Å². The second-order valence-electron chi connectivity index (χ2n) is 5.94. The number of pyridine rings is 1. The first-order valence-electron chi connectivity index (χ1n) is 8.32. The van der Waals surface area contributed by atoms with E-state index in [-0.39, 0.29) is 10.7 Å². The monoisotopic (exact) mass is 381 g/mol. The van der Waals surface area contributed by atoms with Crippen LogP contribution in [-0.2, 0) is 16.6 Å². The van der Waals surface area contributed by atoms with E-state index in [2.05, 4.69) is 15.0 Å². The summed E-state index contributed by atoms with van der Waals surface area (Å²) >= 11 is 0. The van der Waals surface area contributed by atoms with Gasteiger partial charge in [0, 0.05) is 23.1 Å². The van der Waals surface area contributed by atoms with Crippen molar-refractivity contribution in [2.75, 3.05) is 10.0 Å². The van der Waals surface area contributed by atoms with Crippen molar-refractivity contribution in [2.24, 2.45) is 0 Å². The highest BCUT2D eigenvalue weighted by Gasteiger charge is 2.14. The zero-order valence-electron chi connectivity index (χ0n) is 14.7. The minimum Gasteiger partial charge on any atom is -0.379 e. The first-order valence-corrected chi connectivity index (χ1v) is 9.80. The number of Topliss-reactive ketones (excluding diaryl/α,β-unsaturated/α-hetero) is 1. The van der Waals surface area contributed by atoms with E-state index in [9.17, 15) is 13.2 Å². The summed E-state index contributed by atoms with van der Waals surface area (Å²) in [5.74, 6) is -0.0711. The van der Waals surface area contributed by atoms with Gasteiger partial charge in [0.1, 0.15) is 0 Å². The van der Waals surface area contributed by atoms with Gasteiger partial charge in [-0.05, 0) is 67.6 Å². The van der Waals surface area contributed by atoms with E-state index in [4.69, 9.17) is 0 Å². The highest BCUT2D eigenvalue weighted by molar-refractivity contribution is 7.92. The molecule has 27 heavy (non-hydrogen) atoms. The summed E-state index contributed by atoms with van der Waals surface area (Å²) in [5, 5.41) is 3.20. The van der Waals surface area contributed by atoms with Crippen LogP contribution in [0.2, 0.25) is 0 Å². The van der Waals surface area contributed by atoms with Crippen molar-refractivity contribution in [3.63, 3.8) is 0 Å². The fourth-order valence-electron chi connectivity index (χ4n) is 2.43. The van der Waals surface area contributed by atoms with E-state index in [1.807, 2.05) is 18.2 Å². The predicted octanol–water partition coefficient (Wildman–Crippen LogP) is 3.70. The van der Waals surface area contributed by atoms with Gasteiger partial charge in [0.25, 0.3) is 10.0 Å². The van der Waals surface area contributed by atoms with Crippen LogP contribution in [0.1, 0.15) is 23.0 Å². The van der Waals surface area contributed by atoms with E-state index in [1.54, 1.807) is 42.6 Å². The molecule has 0 saturated heterocycles. The summed E-state index contributed by atoms with van der Waals surface area (Å²) in [5.41, 5.74) is 2.62. The van der Waals surface area contributed by atoms with Gasteiger partial charge in [-0.1, -0.05) is 6.07 Å². The molecule has 6 nitrogen and oxygen atoms in total. The second-order valence-corrected chi connectivity index (χ2v) is 7.62. The first-order chi connectivity index (χ1) is 12.9. The van der Waals surface area contributed by atoms with Gasteiger partial charge in [-0.3, -0.25) is 14.5 Å². The Hall–Kier alpha value is -3.19. The van der Waals surface area contributed by atoms with Crippen LogP contribution in [0.4, 0.5) is 11.4 Å². The number of benzene rings is 2. The molecule has 0 amide bonds. The highest BCUT2D eigenvalue weighted by Crippen LogP contribution is 2.19. The molecule has 0 fully saturated rings. The van der Waals surface area contributed by atoms with Crippen LogP contribution in [0, 0.1) is 0 Å². The Kier molecular flexibility index (Phi) is 5.52. The summed E-state index contributed by atoms with van der Waals surface area (Å²) in [6, 6.07) is 18.5. The van der Waals surface area contributed by atoms with Crippen molar-refractivity contribution < 1.29 is 13.2 Å². The highest BCUT2D eigenvalue weighted by atomic mass is 32.2. The zero-order chi connectivity index (χ0) is 19.3. The quantitative estimate of drug-likeness (QED) is 0.609. The Labute approximate surface area is 158 Å². The lowest BCUT2D eigenvalue weighted by Gasteiger charge is -2.10. The average Bonchev–Trinajstić information content (AvgIpc) is 2.67. The summed E-state index contributed by atoms with van der Waals surface area (Å²) < 4.78 is 27.5. The van der Waals surface area contributed by atoms with Crippen molar-refractivity contribution in [3.8, 4) is 0 Å². The Bertz CT molecular complexity index is 1020. The molecular formula is C20H19N3O3S. The molecule has 0 aliphatic heterocycles. The third-order valence-corrected chi connectivity index (χ3v) is 5.31. The van der Waals surface area contributed by atoms with E-state index < -0.39 is 10.0 Å². The van der Waals surface area contributed by atoms with Crippen molar-refractivity contribution in [1.29, 1.82) is 0 Å². The molecule has 0 aliphatic rings. The minimum atomic E-state index is -3.71. The summed E-state index contributed by atoms with van der Waals surface area (Å²) in [6.07, 6.45) is 1.72. The van der Waals surface area contributed by atoms with Gasteiger partial charge in [0.05, 0.1) is 17.1 Å². The largest absolute Gasteiger partial charge is 0.379 e. The van der Waals surface area contributed by atoms with E-state index >= 15 is 0 Å². The Morgan fingerprint density at radius 3 is 2.19 bits per heavy atom. The van der Waals surface area contributed by atoms with Crippen LogP contribution in [0.15, 0.2) is 77.8 Å². The number of hydrogen-bond donors (Lipinski definition) is 2. The first kappa shape index (κ1) is 18.6. The molecule has 1 aromatic heterocycles. The summed E-state index contributed by atoms with van der Waals surface area (Å²) in [6.45, 7) is 2.01. The lowest BCUT2D eigenvalue weighted by Crippen LogP contribution is -2.13. The molecule has 2 aromatic carbocycles. The Morgan fingerprint density at radius 2 is 1.59 bits per heavy atom. The van der Waals surface area contributed by atoms with Crippen LogP contribution >= 0.6 is 0 Å². The molecule has 0 bridgehead atoms. The van der Waals surface area contributed by atoms with Gasteiger partial charge in [-0.15, -0.1) is 0 Å². The molecule has 0 aliphatic carbocycles. The van der Waals surface area contributed by atoms with Gasteiger partial charge >= 0.3 is 0 Å². The van der Waals surface area contributed by atoms with Crippen LogP contribution in [-0.4, -0.2) is 19.2 Å². The number of carbonyl (C=O) groups is 1. The molecule has 3 rings (SSSR count).